The number of ether oxygens (including phenoxy) is 5. The van der Waals surface area contributed by atoms with E-state index in [1.165, 1.54) is 42.1 Å². The predicted octanol–water partition coefficient (Wildman–Crippen LogP) is 11.0. The Labute approximate surface area is 383 Å². The number of hydrogen-bond acceptors (Lipinski definition) is 18. The van der Waals surface area contributed by atoms with Gasteiger partial charge in [-0.05, 0) is 128 Å². The highest BCUT2D eigenvalue weighted by atomic mass is 32.2. The first-order chi connectivity index (χ1) is 27.3. The van der Waals surface area contributed by atoms with Crippen LogP contribution in [0.4, 0.5) is 4.79 Å². The molecule has 10 nitrogen and oxygen atoms in total. The van der Waals surface area contributed by atoms with Crippen LogP contribution in [0.3, 0.4) is 0 Å². The molecule has 0 radical (unpaired) electrons. The minimum atomic E-state index is -0.151. The van der Waals surface area contributed by atoms with E-state index in [1.807, 2.05) is 50.7 Å². The van der Waals surface area contributed by atoms with Crippen LogP contribution in [0.2, 0.25) is 0 Å². The van der Waals surface area contributed by atoms with Crippen molar-refractivity contribution in [3.63, 3.8) is 0 Å². The standard InChI is InChI=1S/C13H27N3O3.C13H24O3S3.C13H24OS5/c1-11(14)7-5-4-6-8-18-13(15)19-10-12(17-3)9-16-2;1-11(14)7-5-4-6-8-18-13(15)19-10-12(16-2)9-17-3;1-11(15)7-5-4-6-8-14-13(16)19-10-12(18-3)9-17-2/h12,14-16H,4-10H2,1-3H3;2*12H,4-10H2,1-3H3. The van der Waals surface area contributed by atoms with Crippen molar-refractivity contribution in [2.45, 2.75) is 115 Å². The molecule has 0 amide bonds. The summed E-state index contributed by atoms with van der Waals surface area (Å²) >= 11 is 20.2. The van der Waals surface area contributed by atoms with Crippen LogP contribution in [-0.4, -0.2) is 144 Å². The quantitative estimate of drug-likeness (QED) is 0.0248. The maximum atomic E-state index is 11.6. The third-order valence-corrected chi connectivity index (χ3v) is 14.2. The summed E-state index contributed by atoms with van der Waals surface area (Å²) in [6.07, 6.45) is 18.1. The minimum Gasteiger partial charge on any atom is -0.479 e. The second-order valence-electron chi connectivity index (χ2n) is 12.9. The van der Waals surface area contributed by atoms with E-state index in [9.17, 15) is 9.59 Å². The summed E-state index contributed by atoms with van der Waals surface area (Å²) in [7, 11) is 5.14. The van der Waals surface area contributed by atoms with Crippen molar-refractivity contribution in [2.24, 2.45) is 0 Å². The lowest BCUT2D eigenvalue weighted by molar-refractivity contribution is -0.117. The zero-order valence-electron chi connectivity index (χ0n) is 36.2. The number of thioether (sulfide) groups is 6. The van der Waals surface area contributed by atoms with E-state index >= 15 is 0 Å². The number of likely N-dealkylation sites (N-methyl/N-ethyl adjacent to an activating group) is 1. The van der Waals surface area contributed by atoms with Crippen LogP contribution in [0.1, 0.15) is 97.8 Å². The summed E-state index contributed by atoms with van der Waals surface area (Å²) in [5.41, 5.74) is 0.715. The lowest BCUT2D eigenvalue weighted by Crippen LogP contribution is -2.31. The highest BCUT2D eigenvalue weighted by molar-refractivity contribution is 8.38. The first-order valence-electron chi connectivity index (χ1n) is 19.5. The number of unbranched alkanes of at least 4 members (excludes halogenated alkanes) is 6. The number of nitrogens with one attached hydrogen (secondary N) is 3. The average Bonchev–Trinajstić information content (AvgIpc) is 3.17. The third kappa shape index (κ3) is 50.5. The fraction of sp³-hybridized carbons (Fsp3) is 0.846. The molecule has 0 saturated carbocycles. The van der Waals surface area contributed by atoms with Gasteiger partial charge in [0.2, 0.25) is 8.83 Å². The number of carbonyl (C=O) groups excluding carboxylic acids is 2. The molecule has 0 aromatic rings. The summed E-state index contributed by atoms with van der Waals surface area (Å²) in [5.74, 6) is 4.97. The van der Waals surface area contributed by atoms with E-state index in [-0.39, 0.29) is 28.5 Å². The van der Waals surface area contributed by atoms with E-state index in [0.29, 0.717) is 41.5 Å². The van der Waals surface area contributed by atoms with Gasteiger partial charge in [0.1, 0.15) is 18.5 Å². The van der Waals surface area contributed by atoms with Crippen molar-refractivity contribution < 1.29 is 33.3 Å². The second-order valence-corrected chi connectivity index (χ2v) is 20.5. The molecule has 336 valence electrons. The number of Topliss-reactive ketones (excluding diaryl/α,β-unsaturated/α-hetero) is 1. The number of rotatable bonds is 33. The van der Waals surface area contributed by atoms with Gasteiger partial charge in [-0.2, -0.15) is 35.3 Å². The molecular formula is C39H75N3O7S8. The normalized spacial score (nSPS) is 12.2. The van der Waals surface area contributed by atoms with Gasteiger partial charge < -0.3 is 39.2 Å². The molecule has 3 unspecified atom stereocenters. The molecule has 0 rings (SSSR count). The minimum absolute atomic E-state index is 0.0792. The predicted molar refractivity (Wildman–Crippen MR) is 268 cm³/mol. The van der Waals surface area contributed by atoms with Gasteiger partial charge in [-0.3, -0.25) is 4.79 Å². The molecule has 0 bridgehead atoms. The molecule has 0 aliphatic carbocycles. The molecular weight excluding hydrogens is 879 g/mol. The SMILES string of the molecule is CNCC(COC(=N)OCCCCCC(C)=N)OC.COC(CSC)CSC(=O)SCCCCCC(C)=O.CSCC(CSC(=S)OCCCCCC(C)=S)SC. The van der Waals surface area contributed by atoms with Gasteiger partial charge in [-0.15, -0.1) is 0 Å². The first kappa shape index (κ1) is 61.5. The maximum Gasteiger partial charge on any atom is 0.380 e. The molecule has 57 heavy (non-hydrogen) atoms. The van der Waals surface area contributed by atoms with Crippen molar-refractivity contribution in [3.8, 4) is 0 Å². The Balaban J connectivity index is -0.000000767. The zero-order valence-corrected chi connectivity index (χ0v) is 42.7. The van der Waals surface area contributed by atoms with Crippen molar-refractivity contribution in [1.29, 1.82) is 10.8 Å². The van der Waals surface area contributed by atoms with Crippen LogP contribution in [0, 0.1) is 10.8 Å². The molecule has 3 N–H and O–H groups in total. The summed E-state index contributed by atoms with van der Waals surface area (Å²) in [4.78, 5) is 23.5. The lowest BCUT2D eigenvalue weighted by atomic mass is 10.1. The highest BCUT2D eigenvalue weighted by Crippen LogP contribution is 2.21. The number of ketones is 1. The van der Waals surface area contributed by atoms with E-state index in [1.54, 1.807) is 44.7 Å². The van der Waals surface area contributed by atoms with Gasteiger partial charge in [0.25, 0.3) is 0 Å². The van der Waals surface area contributed by atoms with Crippen molar-refractivity contribution in [1.82, 2.24) is 5.32 Å². The Morgan fingerprint density at radius 2 is 1.26 bits per heavy atom. The Morgan fingerprint density at radius 3 is 1.81 bits per heavy atom. The number of carbonyl (C=O) groups is 2. The smallest absolute Gasteiger partial charge is 0.380 e. The van der Waals surface area contributed by atoms with Gasteiger partial charge in [-0.1, -0.05) is 53.9 Å². The molecule has 0 saturated heterocycles. The number of thiocarbonyl (C=S) groups is 2. The molecule has 0 heterocycles. The molecule has 0 fully saturated rings. The molecule has 0 aliphatic rings. The van der Waals surface area contributed by atoms with Crippen molar-refractivity contribution in [3.05, 3.63) is 0 Å². The van der Waals surface area contributed by atoms with E-state index < -0.39 is 0 Å². The second kappa shape index (κ2) is 47.3. The fourth-order valence-electron chi connectivity index (χ4n) is 4.24. The Kier molecular flexibility index (Phi) is 51.1. The molecule has 3 atom stereocenters. The molecule has 18 heteroatoms. The number of methoxy groups -OCH3 is 2. The van der Waals surface area contributed by atoms with Crippen LogP contribution in [0.15, 0.2) is 0 Å². The van der Waals surface area contributed by atoms with Crippen LogP contribution in [0.5, 0.6) is 0 Å². The molecule has 0 spiro atoms. The van der Waals surface area contributed by atoms with Gasteiger partial charge in [0, 0.05) is 66.9 Å². The monoisotopic (exact) mass is 953 g/mol. The number of hydrogen-bond donors (Lipinski definition) is 3. The molecule has 0 aromatic carbocycles. The molecule has 0 aliphatic heterocycles. The van der Waals surface area contributed by atoms with Crippen LogP contribution >= 0.6 is 95.0 Å². The van der Waals surface area contributed by atoms with Gasteiger partial charge >= 0.3 is 6.08 Å². The third-order valence-electron chi connectivity index (χ3n) is 7.53. The van der Waals surface area contributed by atoms with Crippen LogP contribution < -0.4 is 5.32 Å². The van der Waals surface area contributed by atoms with Gasteiger partial charge in [0.05, 0.1) is 19.3 Å². The highest BCUT2D eigenvalue weighted by Gasteiger charge is 2.12. The van der Waals surface area contributed by atoms with Crippen molar-refractivity contribution in [2.75, 3.05) is 95.2 Å². The summed E-state index contributed by atoms with van der Waals surface area (Å²) < 4.78 is 27.2. The fourth-order valence-corrected chi connectivity index (χ4v) is 10.3. The van der Waals surface area contributed by atoms with Crippen LogP contribution in [-0.2, 0) is 28.5 Å². The topological polar surface area (TPSA) is 140 Å². The van der Waals surface area contributed by atoms with Crippen molar-refractivity contribution >= 4 is 126 Å². The van der Waals surface area contributed by atoms with Gasteiger partial charge in [0.15, 0.2) is 0 Å². The first-order valence-corrected chi connectivity index (χ1v) is 27.3. The van der Waals surface area contributed by atoms with Gasteiger partial charge in [-0.25, -0.2) is 5.41 Å². The Bertz CT molecular complexity index is 911. The lowest BCUT2D eigenvalue weighted by Gasteiger charge is -2.15. The average molecular weight is 955 g/mol. The Morgan fingerprint density at radius 1 is 0.667 bits per heavy atom. The van der Waals surface area contributed by atoms with E-state index in [4.69, 9.17) is 58.9 Å². The maximum absolute atomic E-state index is 11.6. The van der Waals surface area contributed by atoms with Crippen LogP contribution in [0.25, 0.3) is 0 Å². The van der Waals surface area contributed by atoms with E-state index in [0.717, 1.165) is 92.3 Å². The molecule has 0 aromatic heterocycles. The van der Waals surface area contributed by atoms with E-state index in [2.05, 4.69) is 17.8 Å². The zero-order chi connectivity index (χ0) is 43.5. The summed E-state index contributed by atoms with van der Waals surface area (Å²) in [6, 6.07) is 0. The largest absolute Gasteiger partial charge is 0.479 e. The summed E-state index contributed by atoms with van der Waals surface area (Å²) in [5, 5.41) is 18.4. The Hall–Kier alpha value is 0.240. The summed E-state index contributed by atoms with van der Waals surface area (Å²) in [6.45, 7) is 7.66.